The Kier molecular flexibility index (Phi) is 8.76. The molecule has 0 spiro atoms. The lowest BCUT2D eigenvalue weighted by Gasteiger charge is -2.71. The van der Waals surface area contributed by atoms with Gasteiger partial charge in [0.15, 0.2) is 0 Å². The summed E-state index contributed by atoms with van der Waals surface area (Å²) in [5, 5.41) is 27.8. The van der Waals surface area contributed by atoms with Crippen molar-refractivity contribution in [1.29, 1.82) is 0 Å². The third-order valence-electron chi connectivity index (χ3n) is 16.2. The molecule has 0 amide bonds. The maximum atomic E-state index is 13.4. The molecule has 6 rings (SSSR count). The summed E-state index contributed by atoms with van der Waals surface area (Å²) in [6.45, 7) is 24.7. The number of tetrazole rings is 1. The summed E-state index contributed by atoms with van der Waals surface area (Å²) < 4.78 is 13.8. The predicted octanol–water partition coefficient (Wildman–Crippen LogP) is 6.40. The van der Waals surface area contributed by atoms with Gasteiger partial charge in [0.2, 0.25) is 0 Å². The molecule has 1 unspecified atom stereocenters. The number of hydrogen-bond donors (Lipinski definition) is 3. The number of aliphatic carboxylic acids is 1. The van der Waals surface area contributed by atoms with E-state index in [4.69, 9.17) is 15.2 Å². The number of hydrogen-bond acceptors (Lipinski definition) is 8. The second-order valence-electron chi connectivity index (χ2n) is 18.6. The van der Waals surface area contributed by atoms with Crippen LogP contribution in [-0.2, 0) is 14.3 Å². The maximum Gasteiger partial charge on any atom is 0.307 e. The Morgan fingerprint density at radius 2 is 1.85 bits per heavy atom. The number of allylic oxidation sites excluding steroid dienone is 1. The molecular weight excluding hydrogens is 604 g/mol. The van der Waals surface area contributed by atoms with Crippen LogP contribution in [0.25, 0.3) is 0 Å². The van der Waals surface area contributed by atoms with Crippen LogP contribution in [0, 0.1) is 62.6 Å². The molecule has 5 aliphatic rings. The average molecular weight is 669 g/mol. The molecule has 0 aromatic carbocycles. The van der Waals surface area contributed by atoms with Crippen molar-refractivity contribution in [1.82, 2.24) is 25.5 Å². The third kappa shape index (κ3) is 4.80. The van der Waals surface area contributed by atoms with Crippen LogP contribution < -0.4 is 11.1 Å². The van der Waals surface area contributed by atoms with Crippen LogP contribution in [0.2, 0.25) is 0 Å². The monoisotopic (exact) mass is 668 g/mol. The van der Waals surface area contributed by atoms with E-state index in [2.05, 4.69) is 96.0 Å². The molecule has 3 saturated carbocycles. The summed E-state index contributed by atoms with van der Waals surface area (Å²) in [5.74, 6) is 0.886. The molecule has 12 atom stereocenters. The summed E-state index contributed by atoms with van der Waals surface area (Å²) in [4.78, 5) is 15.2. The zero-order valence-electron chi connectivity index (χ0n) is 31.6. The number of nitrogen functional groups attached to an aromatic ring is 1. The SMILES string of the molecule is CN[C@](C)(CO[C@H]1[C@H](n2nnc(N)n2)CC23COC[C@@]1(C)[C@@H]2CC[C@H]1C3=CC[C@@]2(C)[C@H](C(=O)O)[C@@](C)([C@H](C)C(C)C)CC[C@]12C)C(C)C. The van der Waals surface area contributed by atoms with E-state index < -0.39 is 11.9 Å². The van der Waals surface area contributed by atoms with Gasteiger partial charge >= 0.3 is 5.97 Å². The first-order valence-corrected chi connectivity index (χ1v) is 18.7. The molecule has 0 radical (unpaired) electrons. The number of carboxylic acids is 1. The number of anilines is 1. The Balaban J connectivity index is 1.44. The van der Waals surface area contributed by atoms with Gasteiger partial charge in [0.1, 0.15) is 6.04 Å². The van der Waals surface area contributed by atoms with Gasteiger partial charge in [0.05, 0.1) is 31.8 Å². The molecule has 48 heavy (non-hydrogen) atoms. The highest BCUT2D eigenvalue weighted by molar-refractivity contribution is 5.73. The van der Waals surface area contributed by atoms with Gasteiger partial charge in [0, 0.05) is 16.4 Å². The van der Waals surface area contributed by atoms with Crippen LogP contribution in [0.3, 0.4) is 0 Å². The summed E-state index contributed by atoms with van der Waals surface area (Å²) in [7, 11) is 2.01. The second kappa shape index (κ2) is 11.8. The lowest BCUT2D eigenvalue weighted by molar-refractivity contribution is -0.254. The van der Waals surface area contributed by atoms with Crippen LogP contribution >= 0.6 is 0 Å². The van der Waals surface area contributed by atoms with E-state index in [-0.39, 0.29) is 50.7 Å². The molecule has 10 nitrogen and oxygen atoms in total. The van der Waals surface area contributed by atoms with Crippen molar-refractivity contribution in [2.24, 2.45) is 62.6 Å². The predicted molar refractivity (Wildman–Crippen MR) is 187 cm³/mol. The van der Waals surface area contributed by atoms with Gasteiger partial charge < -0.3 is 25.6 Å². The average Bonchev–Trinajstić information content (AvgIpc) is 3.45. The summed E-state index contributed by atoms with van der Waals surface area (Å²) in [6.07, 6.45) is 7.96. The fourth-order valence-corrected chi connectivity index (χ4v) is 12.3. The summed E-state index contributed by atoms with van der Waals surface area (Å²) in [6, 6.07) is -0.165. The molecule has 2 bridgehead atoms. The molecule has 1 aromatic rings. The van der Waals surface area contributed by atoms with Crippen LogP contribution in [0.4, 0.5) is 5.95 Å². The summed E-state index contributed by atoms with van der Waals surface area (Å²) >= 11 is 0. The lowest BCUT2D eigenvalue weighted by atomic mass is 9.34. The minimum atomic E-state index is -0.627. The van der Waals surface area contributed by atoms with Crippen molar-refractivity contribution >= 4 is 11.9 Å². The summed E-state index contributed by atoms with van der Waals surface area (Å²) in [5.41, 5.74) is 6.10. The minimum absolute atomic E-state index is 0.144. The number of nitrogens with zero attached hydrogens (tertiary/aromatic N) is 4. The highest BCUT2D eigenvalue weighted by Crippen LogP contribution is 2.75. The maximum absolute atomic E-state index is 13.4. The third-order valence-corrected chi connectivity index (χ3v) is 16.2. The van der Waals surface area contributed by atoms with Crippen molar-refractivity contribution in [3.8, 4) is 0 Å². The molecule has 1 aromatic heterocycles. The lowest BCUT2D eigenvalue weighted by Crippen LogP contribution is -2.69. The van der Waals surface area contributed by atoms with E-state index >= 15 is 0 Å². The highest BCUT2D eigenvalue weighted by atomic mass is 16.5. The van der Waals surface area contributed by atoms with E-state index in [1.54, 1.807) is 4.80 Å². The molecule has 4 aliphatic carbocycles. The van der Waals surface area contributed by atoms with E-state index in [1.165, 1.54) is 5.57 Å². The van der Waals surface area contributed by atoms with Crippen LogP contribution in [0.15, 0.2) is 11.6 Å². The minimum Gasteiger partial charge on any atom is -0.481 e. The van der Waals surface area contributed by atoms with Crippen molar-refractivity contribution in [2.75, 3.05) is 32.6 Å². The topological polar surface area (TPSA) is 137 Å². The molecule has 1 saturated heterocycles. The van der Waals surface area contributed by atoms with Gasteiger partial charge in [-0.15, -0.1) is 5.10 Å². The molecule has 10 heteroatoms. The van der Waals surface area contributed by atoms with Crippen molar-refractivity contribution in [3.63, 3.8) is 0 Å². The van der Waals surface area contributed by atoms with E-state index in [9.17, 15) is 9.90 Å². The first-order valence-electron chi connectivity index (χ1n) is 18.7. The zero-order valence-corrected chi connectivity index (χ0v) is 31.6. The number of rotatable bonds is 9. The zero-order chi connectivity index (χ0) is 35.2. The van der Waals surface area contributed by atoms with Crippen LogP contribution in [-0.4, -0.2) is 69.8 Å². The van der Waals surface area contributed by atoms with E-state index in [0.717, 1.165) is 38.5 Å². The largest absolute Gasteiger partial charge is 0.481 e. The molecule has 1 aliphatic heterocycles. The number of aromatic nitrogens is 4. The van der Waals surface area contributed by atoms with Gasteiger partial charge in [-0.05, 0) is 104 Å². The Morgan fingerprint density at radius 1 is 1.15 bits per heavy atom. The first kappa shape index (κ1) is 35.8. The van der Waals surface area contributed by atoms with Crippen molar-refractivity contribution < 1.29 is 19.4 Å². The van der Waals surface area contributed by atoms with Gasteiger partial charge in [0.25, 0.3) is 5.95 Å². The van der Waals surface area contributed by atoms with Crippen LogP contribution in [0.1, 0.15) is 114 Å². The molecule has 4 fully saturated rings. The molecular formula is C38H64N6O4. The highest BCUT2D eigenvalue weighted by Gasteiger charge is 2.72. The Bertz CT molecular complexity index is 1430. The van der Waals surface area contributed by atoms with Gasteiger partial charge in [-0.3, -0.25) is 4.79 Å². The second-order valence-corrected chi connectivity index (χ2v) is 18.6. The number of likely N-dealkylation sites (N-methyl/N-ethyl adjacent to an activating group) is 1. The fourth-order valence-electron chi connectivity index (χ4n) is 12.3. The molecule has 4 N–H and O–H groups in total. The number of ether oxygens (including phenoxy) is 2. The number of carboxylic acid groups (broad SMARTS) is 1. The smallest absolute Gasteiger partial charge is 0.307 e. The molecule has 270 valence electrons. The van der Waals surface area contributed by atoms with Gasteiger partial charge in [-0.1, -0.05) is 79.1 Å². The first-order chi connectivity index (χ1) is 22.3. The Hall–Kier alpha value is -2.04. The van der Waals surface area contributed by atoms with Gasteiger partial charge in [-0.2, -0.15) is 4.80 Å². The van der Waals surface area contributed by atoms with Crippen molar-refractivity contribution in [3.05, 3.63) is 11.6 Å². The quantitative estimate of drug-likeness (QED) is 0.255. The fraction of sp³-hybridized carbons (Fsp3) is 0.895. The number of fused-ring (bicyclic) bond motifs is 3. The number of nitrogens with two attached hydrogens (primary N) is 1. The number of carbonyl (C=O) groups is 1. The normalized spacial score (nSPS) is 44.3. The molecule has 2 heterocycles. The van der Waals surface area contributed by atoms with Crippen LogP contribution in [0.5, 0.6) is 0 Å². The Labute approximate surface area is 288 Å². The van der Waals surface area contributed by atoms with Crippen molar-refractivity contribution in [2.45, 2.75) is 125 Å². The van der Waals surface area contributed by atoms with E-state index in [0.29, 0.717) is 49.4 Å². The standard InChI is InChI=1S/C38H64N6O4/c1-22(2)24(5)33(6)16-17-35(8)25-12-13-28-34(7)19-47-21-38(28,26(25)14-15-36(35,9)29(33)31(45)46)18-27(44-42-32(39)41-43-44)30(34)48-20-37(10,40-11)23(3)4/h14,22-25,27-30,40H,12-13,15-21H2,1-11H3,(H2,39,42)(H,45,46)/t24-,25+,27-,28+,29-,30+,33-,34+,35-,36+,37-,38?/m1/s1. The Morgan fingerprint density at radius 3 is 2.44 bits per heavy atom. The van der Waals surface area contributed by atoms with E-state index in [1.807, 2.05) is 7.05 Å². The van der Waals surface area contributed by atoms with Gasteiger partial charge in [-0.25, -0.2) is 0 Å². The number of nitrogens with one attached hydrogen (secondary N) is 1.